The topological polar surface area (TPSA) is 119 Å². The first-order valence-corrected chi connectivity index (χ1v) is 12.0. The zero-order valence-corrected chi connectivity index (χ0v) is 21.2. The highest BCUT2D eigenvalue weighted by atomic mass is 35.5. The number of halogens is 1. The number of carbonyl (C=O) groups excluding carboxylic acids is 2. The van der Waals surface area contributed by atoms with E-state index in [4.69, 9.17) is 31.5 Å². The summed E-state index contributed by atoms with van der Waals surface area (Å²) in [6.07, 6.45) is 1.54. The van der Waals surface area contributed by atoms with E-state index in [9.17, 15) is 9.59 Å². The fourth-order valence-corrected chi connectivity index (χ4v) is 4.32. The van der Waals surface area contributed by atoms with Crippen molar-refractivity contribution in [2.24, 2.45) is 5.92 Å². The molecular weight excluding hydrogens is 462 g/mol. The van der Waals surface area contributed by atoms with E-state index < -0.39 is 5.60 Å². The molecule has 0 radical (unpaired) electrons. The molecule has 11 heteroatoms. The number of nitrogens with one attached hydrogen (secondary N) is 1. The fraction of sp³-hybridized carbons (Fsp3) is 0.696. The van der Waals surface area contributed by atoms with Crippen LogP contribution in [0, 0.1) is 5.92 Å². The van der Waals surface area contributed by atoms with Gasteiger partial charge in [0.25, 0.3) is 5.91 Å². The number of amides is 2. The molecule has 0 aliphatic carbocycles. The van der Waals surface area contributed by atoms with Crippen LogP contribution in [0.3, 0.4) is 0 Å². The predicted octanol–water partition coefficient (Wildman–Crippen LogP) is 2.40. The molecule has 1 aromatic rings. The van der Waals surface area contributed by atoms with Crippen LogP contribution in [0.1, 0.15) is 44.0 Å². The molecule has 10 nitrogen and oxygen atoms in total. The Balaban J connectivity index is 1.44. The number of morpholine rings is 1. The van der Waals surface area contributed by atoms with Crippen LogP contribution in [0.15, 0.2) is 6.07 Å². The number of hydrogen-bond donors (Lipinski definition) is 2. The Bertz CT molecular complexity index is 870. The van der Waals surface area contributed by atoms with Crippen LogP contribution < -0.4 is 15.8 Å². The highest BCUT2D eigenvalue weighted by Crippen LogP contribution is 2.25. The van der Waals surface area contributed by atoms with E-state index in [1.165, 1.54) is 13.2 Å². The summed E-state index contributed by atoms with van der Waals surface area (Å²) in [7, 11) is 1.42. The lowest BCUT2D eigenvalue weighted by Crippen LogP contribution is -2.50. The molecule has 190 valence electrons. The molecule has 1 aromatic heterocycles. The van der Waals surface area contributed by atoms with Gasteiger partial charge in [0.05, 0.1) is 24.8 Å². The highest BCUT2D eigenvalue weighted by molar-refractivity contribution is 6.33. The van der Waals surface area contributed by atoms with Gasteiger partial charge in [0.1, 0.15) is 17.0 Å². The van der Waals surface area contributed by atoms with E-state index in [2.05, 4.69) is 15.2 Å². The number of rotatable bonds is 6. The quantitative estimate of drug-likeness (QED) is 0.615. The van der Waals surface area contributed by atoms with Crippen molar-refractivity contribution in [1.82, 2.24) is 20.1 Å². The lowest BCUT2D eigenvalue weighted by Gasteiger charge is -2.38. The lowest BCUT2D eigenvalue weighted by atomic mass is 9.96. The molecule has 2 saturated heterocycles. The Labute approximate surface area is 206 Å². The third-order valence-electron chi connectivity index (χ3n) is 5.90. The summed E-state index contributed by atoms with van der Waals surface area (Å²) in [6, 6.07) is 1.45. The monoisotopic (exact) mass is 497 g/mol. The van der Waals surface area contributed by atoms with Crippen LogP contribution >= 0.6 is 11.6 Å². The minimum atomic E-state index is -0.478. The number of aromatic nitrogens is 1. The second-order valence-electron chi connectivity index (χ2n) is 9.79. The zero-order chi connectivity index (χ0) is 24.9. The van der Waals surface area contributed by atoms with Crippen molar-refractivity contribution in [2.45, 2.75) is 45.3 Å². The summed E-state index contributed by atoms with van der Waals surface area (Å²) >= 11 is 6.02. The van der Waals surface area contributed by atoms with E-state index in [0.717, 1.165) is 32.5 Å². The van der Waals surface area contributed by atoms with Crippen molar-refractivity contribution in [2.75, 3.05) is 58.7 Å². The molecule has 3 N–H and O–H groups in total. The van der Waals surface area contributed by atoms with Gasteiger partial charge in [-0.3, -0.25) is 9.69 Å². The predicted molar refractivity (Wildman–Crippen MR) is 129 cm³/mol. The van der Waals surface area contributed by atoms with Crippen molar-refractivity contribution >= 4 is 29.4 Å². The van der Waals surface area contributed by atoms with Gasteiger partial charge in [-0.15, -0.1) is 0 Å². The summed E-state index contributed by atoms with van der Waals surface area (Å²) in [5.41, 5.74) is 5.44. The van der Waals surface area contributed by atoms with Gasteiger partial charge < -0.3 is 30.2 Å². The van der Waals surface area contributed by atoms with Crippen LogP contribution in [0.5, 0.6) is 5.88 Å². The number of carbonyl (C=O) groups is 2. The molecule has 3 heterocycles. The maximum absolute atomic E-state index is 12.7. The van der Waals surface area contributed by atoms with Gasteiger partial charge in [-0.05, 0) is 45.6 Å². The zero-order valence-electron chi connectivity index (χ0n) is 20.4. The summed E-state index contributed by atoms with van der Waals surface area (Å²) in [4.78, 5) is 33.1. The molecule has 1 atom stereocenters. The molecule has 2 amide bonds. The maximum atomic E-state index is 12.7. The van der Waals surface area contributed by atoms with Crippen LogP contribution in [0.4, 0.5) is 10.6 Å². The molecule has 0 saturated carbocycles. The first kappa shape index (κ1) is 26.3. The van der Waals surface area contributed by atoms with Crippen molar-refractivity contribution in [3.63, 3.8) is 0 Å². The molecule has 0 bridgehead atoms. The van der Waals surface area contributed by atoms with Gasteiger partial charge >= 0.3 is 6.09 Å². The Morgan fingerprint density at radius 3 is 2.65 bits per heavy atom. The third kappa shape index (κ3) is 7.35. The number of pyridine rings is 1. The van der Waals surface area contributed by atoms with Gasteiger partial charge in [-0.2, -0.15) is 4.98 Å². The van der Waals surface area contributed by atoms with Crippen LogP contribution in [0.25, 0.3) is 0 Å². The minimum absolute atomic E-state index is 0.109. The van der Waals surface area contributed by atoms with Crippen LogP contribution in [0.2, 0.25) is 5.02 Å². The first-order chi connectivity index (χ1) is 16.1. The second-order valence-corrected chi connectivity index (χ2v) is 10.2. The third-order valence-corrected chi connectivity index (χ3v) is 6.20. The normalized spacial score (nSPS) is 20.1. The fourth-order valence-electron chi connectivity index (χ4n) is 4.16. The molecule has 2 fully saturated rings. The number of likely N-dealkylation sites (tertiary alicyclic amines) is 1. The standard InChI is InChI=1S/C23H36ClN5O5/c1-23(2,3)34-22(31)29-7-5-15(6-8-29)13-28-9-10-33-16(14-28)12-26-20(30)17-11-18(24)19(25)27-21(17)32-4/h11,15-16H,5-10,12-14H2,1-4H3,(H2,25,27)(H,26,30). The molecule has 0 spiro atoms. The average Bonchev–Trinajstić information content (AvgIpc) is 2.78. The van der Waals surface area contributed by atoms with Crippen molar-refractivity contribution in [3.8, 4) is 5.88 Å². The molecule has 1 unspecified atom stereocenters. The Morgan fingerprint density at radius 2 is 2.00 bits per heavy atom. The average molecular weight is 498 g/mol. The highest BCUT2D eigenvalue weighted by Gasteiger charge is 2.29. The van der Waals surface area contributed by atoms with Crippen LogP contribution in [-0.2, 0) is 9.47 Å². The number of methoxy groups -OCH3 is 1. The molecular formula is C23H36ClN5O5. The van der Waals surface area contributed by atoms with E-state index in [0.29, 0.717) is 32.2 Å². The van der Waals surface area contributed by atoms with Gasteiger partial charge in [-0.25, -0.2) is 4.79 Å². The Morgan fingerprint density at radius 1 is 1.29 bits per heavy atom. The number of nitrogens with zero attached hydrogens (tertiary/aromatic N) is 3. The number of hydrogen-bond acceptors (Lipinski definition) is 8. The molecule has 34 heavy (non-hydrogen) atoms. The van der Waals surface area contributed by atoms with Crippen molar-refractivity contribution in [3.05, 3.63) is 16.7 Å². The summed E-state index contributed by atoms with van der Waals surface area (Å²) in [5.74, 6) is 0.405. The number of nitrogen functional groups attached to an aromatic ring is 1. The molecule has 0 aromatic carbocycles. The number of nitrogens with two attached hydrogens (primary N) is 1. The molecule has 2 aliphatic rings. The summed E-state index contributed by atoms with van der Waals surface area (Å²) in [5, 5.41) is 3.08. The van der Waals surface area contributed by atoms with E-state index in [1.54, 1.807) is 4.90 Å². The Kier molecular flexibility index (Phi) is 8.83. The first-order valence-electron chi connectivity index (χ1n) is 11.7. The van der Waals surface area contributed by atoms with E-state index in [-0.39, 0.29) is 40.4 Å². The van der Waals surface area contributed by atoms with Gasteiger partial charge in [-0.1, -0.05) is 11.6 Å². The van der Waals surface area contributed by atoms with Crippen LogP contribution in [-0.4, -0.2) is 91.5 Å². The number of ether oxygens (including phenoxy) is 3. The number of anilines is 1. The van der Waals surface area contributed by atoms with E-state index in [1.807, 2.05) is 20.8 Å². The molecule has 2 aliphatic heterocycles. The largest absolute Gasteiger partial charge is 0.480 e. The smallest absolute Gasteiger partial charge is 0.410 e. The summed E-state index contributed by atoms with van der Waals surface area (Å²) in [6.45, 7) is 10.6. The van der Waals surface area contributed by atoms with Gasteiger partial charge in [0.2, 0.25) is 5.88 Å². The minimum Gasteiger partial charge on any atom is -0.480 e. The van der Waals surface area contributed by atoms with E-state index >= 15 is 0 Å². The Hall–Kier alpha value is -2.30. The molecule has 3 rings (SSSR count). The maximum Gasteiger partial charge on any atom is 0.410 e. The van der Waals surface area contributed by atoms with Gasteiger partial charge in [0.15, 0.2) is 0 Å². The SMILES string of the molecule is COc1nc(N)c(Cl)cc1C(=O)NCC1CN(CC2CCN(C(=O)OC(C)(C)C)CC2)CCO1. The second kappa shape index (κ2) is 11.4. The van der Waals surface area contributed by atoms with Crippen molar-refractivity contribution in [1.29, 1.82) is 0 Å². The van der Waals surface area contributed by atoms with Gasteiger partial charge in [0, 0.05) is 39.3 Å². The summed E-state index contributed by atoms with van der Waals surface area (Å²) < 4.78 is 16.5. The lowest BCUT2D eigenvalue weighted by molar-refractivity contribution is -0.0342. The van der Waals surface area contributed by atoms with Crippen molar-refractivity contribution < 1.29 is 23.8 Å². The number of piperidine rings is 1.